The van der Waals surface area contributed by atoms with Gasteiger partial charge in [-0.1, -0.05) is 19.1 Å². The third-order valence-corrected chi connectivity index (χ3v) is 3.27. The zero-order valence-corrected chi connectivity index (χ0v) is 12.1. The number of halogens is 1. The lowest BCUT2D eigenvalue weighted by Gasteiger charge is -2.19. The molecule has 104 valence electrons. The molecule has 6 heteroatoms. The summed E-state index contributed by atoms with van der Waals surface area (Å²) < 4.78 is 14.2. The number of thiocarbonyl (C=S) groups is 1. The molecule has 2 aromatic rings. The van der Waals surface area contributed by atoms with Crippen molar-refractivity contribution in [3.8, 4) is 0 Å². The number of aryl methyl sites for hydroxylation is 1. The number of hydrogen-bond acceptors (Lipinski definition) is 4. The smallest absolute Gasteiger partial charge is 0.187 e. The molecule has 4 nitrogen and oxygen atoms in total. The highest BCUT2D eigenvalue weighted by atomic mass is 32.1. The topological polar surface area (TPSA) is 55.0 Å². The Hall–Kier alpha value is -2.08. The van der Waals surface area contributed by atoms with Gasteiger partial charge in [-0.25, -0.2) is 14.4 Å². The van der Waals surface area contributed by atoms with Crippen LogP contribution in [0.4, 0.5) is 15.9 Å². The van der Waals surface area contributed by atoms with Crippen LogP contribution in [0, 0.1) is 5.82 Å². The van der Waals surface area contributed by atoms with Gasteiger partial charge in [0.1, 0.15) is 11.3 Å². The molecule has 0 aliphatic rings. The van der Waals surface area contributed by atoms with E-state index in [0.717, 1.165) is 11.3 Å². The van der Waals surface area contributed by atoms with Gasteiger partial charge >= 0.3 is 0 Å². The van der Waals surface area contributed by atoms with Crippen molar-refractivity contribution >= 4 is 28.7 Å². The number of nitrogens with two attached hydrogens (primary N) is 1. The molecule has 0 unspecified atom stereocenters. The summed E-state index contributed by atoms with van der Waals surface area (Å²) in [5.41, 5.74) is 7.52. The van der Waals surface area contributed by atoms with E-state index in [9.17, 15) is 4.39 Å². The molecule has 0 saturated heterocycles. The first-order valence-electron chi connectivity index (χ1n) is 6.17. The van der Waals surface area contributed by atoms with Crippen LogP contribution in [0.5, 0.6) is 0 Å². The van der Waals surface area contributed by atoms with Crippen LogP contribution in [0.2, 0.25) is 0 Å². The van der Waals surface area contributed by atoms with Gasteiger partial charge in [-0.3, -0.25) is 0 Å². The number of anilines is 2. The fourth-order valence-electron chi connectivity index (χ4n) is 1.85. The molecule has 20 heavy (non-hydrogen) atoms. The van der Waals surface area contributed by atoms with Gasteiger partial charge in [0.2, 0.25) is 0 Å². The summed E-state index contributed by atoms with van der Waals surface area (Å²) in [7, 11) is 1.75. The van der Waals surface area contributed by atoms with E-state index in [2.05, 4.69) is 9.97 Å². The molecule has 0 fully saturated rings. The molecule has 1 aromatic heterocycles. The second-order valence-corrected chi connectivity index (χ2v) is 4.72. The fourth-order valence-corrected chi connectivity index (χ4v) is 1.98. The Kier molecular flexibility index (Phi) is 4.24. The number of benzene rings is 1. The van der Waals surface area contributed by atoms with E-state index in [1.807, 2.05) is 19.1 Å². The first-order chi connectivity index (χ1) is 9.54. The van der Waals surface area contributed by atoms with Gasteiger partial charge in [-0.05, 0) is 30.7 Å². The minimum atomic E-state index is -0.393. The van der Waals surface area contributed by atoms with Crippen LogP contribution in [-0.2, 0) is 6.42 Å². The molecule has 2 rings (SSSR count). The maximum absolute atomic E-state index is 14.2. The molecule has 0 saturated carbocycles. The van der Waals surface area contributed by atoms with Crippen LogP contribution < -0.4 is 10.6 Å². The third-order valence-electron chi connectivity index (χ3n) is 3.03. The normalized spacial score (nSPS) is 10.3. The SMILES string of the molecule is CCc1ncnc(N(C)c2ccc(C(N)=S)cc2)c1F. The number of rotatable bonds is 4. The van der Waals surface area contributed by atoms with Crippen molar-refractivity contribution in [3.05, 3.63) is 47.7 Å². The lowest BCUT2D eigenvalue weighted by molar-refractivity contribution is 0.593. The molecule has 1 aromatic carbocycles. The van der Waals surface area contributed by atoms with Crippen molar-refractivity contribution < 1.29 is 4.39 Å². The number of nitrogens with zero attached hydrogens (tertiary/aromatic N) is 3. The largest absolute Gasteiger partial charge is 0.389 e. The Bertz CT molecular complexity index is 628. The first kappa shape index (κ1) is 14.3. The molecular weight excluding hydrogens is 275 g/mol. The summed E-state index contributed by atoms with van der Waals surface area (Å²) in [4.78, 5) is 9.93. The van der Waals surface area contributed by atoms with Crippen LogP contribution in [0.3, 0.4) is 0 Å². The Morgan fingerprint density at radius 3 is 2.50 bits per heavy atom. The number of aromatic nitrogens is 2. The predicted molar refractivity (Wildman–Crippen MR) is 81.8 cm³/mol. The molecular formula is C14H15FN4S. The lowest BCUT2D eigenvalue weighted by atomic mass is 10.2. The quantitative estimate of drug-likeness (QED) is 0.877. The third kappa shape index (κ3) is 2.75. The van der Waals surface area contributed by atoms with Crippen LogP contribution >= 0.6 is 12.2 Å². The van der Waals surface area contributed by atoms with Crippen molar-refractivity contribution in [1.82, 2.24) is 9.97 Å². The molecule has 1 heterocycles. The second kappa shape index (κ2) is 5.92. The Balaban J connectivity index is 2.36. The monoisotopic (exact) mass is 290 g/mol. The van der Waals surface area contributed by atoms with Gasteiger partial charge in [0, 0.05) is 18.3 Å². The summed E-state index contributed by atoms with van der Waals surface area (Å²) in [6, 6.07) is 7.24. The van der Waals surface area contributed by atoms with Gasteiger partial charge < -0.3 is 10.6 Å². The predicted octanol–water partition coefficient (Wildman–Crippen LogP) is 2.58. The Morgan fingerprint density at radius 1 is 1.30 bits per heavy atom. The van der Waals surface area contributed by atoms with E-state index in [1.54, 1.807) is 24.1 Å². The summed E-state index contributed by atoms with van der Waals surface area (Å²) in [5, 5.41) is 0. The Morgan fingerprint density at radius 2 is 1.95 bits per heavy atom. The molecule has 0 aliphatic heterocycles. The lowest BCUT2D eigenvalue weighted by Crippen LogP contribution is -2.15. The van der Waals surface area contributed by atoms with Crippen LogP contribution in [0.25, 0.3) is 0 Å². The van der Waals surface area contributed by atoms with Crippen molar-refractivity contribution in [1.29, 1.82) is 0 Å². The highest BCUT2D eigenvalue weighted by Crippen LogP contribution is 2.25. The van der Waals surface area contributed by atoms with Gasteiger partial charge in [0.15, 0.2) is 11.6 Å². The summed E-state index contributed by atoms with van der Waals surface area (Å²) in [6.45, 7) is 1.85. The van der Waals surface area contributed by atoms with E-state index in [4.69, 9.17) is 18.0 Å². The molecule has 0 bridgehead atoms. The van der Waals surface area contributed by atoms with Gasteiger partial charge in [-0.15, -0.1) is 0 Å². The van der Waals surface area contributed by atoms with E-state index in [0.29, 0.717) is 17.1 Å². The molecule has 0 amide bonds. The number of hydrogen-bond donors (Lipinski definition) is 1. The van der Waals surface area contributed by atoms with Crippen molar-refractivity contribution in [2.45, 2.75) is 13.3 Å². The first-order valence-corrected chi connectivity index (χ1v) is 6.58. The second-order valence-electron chi connectivity index (χ2n) is 4.28. The van der Waals surface area contributed by atoms with Crippen LogP contribution in [0.1, 0.15) is 18.2 Å². The minimum absolute atomic E-state index is 0.250. The van der Waals surface area contributed by atoms with E-state index >= 15 is 0 Å². The maximum atomic E-state index is 14.2. The zero-order valence-electron chi connectivity index (χ0n) is 11.3. The maximum Gasteiger partial charge on any atom is 0.187 e. The van der Waals surface area contributed by atoms with Gasteiger partial charge in [0.05, 0.1) is 5.69 Å². The fraction of sp³-hybridized carbons (Fsp3) is 0.214. The molecule has 0 aliphatic carbocycles. The zero-order chi connectivity index (χ0) is 14.7. The van der Waals surface area contributed by atoms with Crippen molar-refractivity contribution in [2.24, 2.45) is 5.73 Å². The van der Waals surface area contributed by atoms with Gasteiger partial charge in [-0.2, -0.15) is 0 Å². The van der Waals surface area contributed by atoms with Crippen molar-refractivity contribution in [3.63, 3.8) is 0 Å². The highest BCUT2D eigenvalue weighted by molar-refractivity contribution is 7.80. The molecule has 0 atom stereocenters. The summed E-state index contributed by atoms with van der Waals surface area (Å²) >= 11 is 4.90. The van der Waals surface area contributed by atoms with Crippen LogP contribution in [-0.4, -0.2) is 22.0 Å². The molecule has 2 N–H and O–H groups in total. The Labute approximate surface area is 122 Å². The average Bonchev–Trinajstić information content (AvgIpc) is 2.47. The van der Waals surface area contributed by atoms with Crippen LogP contribution in [0.15, 0.2) is 30.6 Å². The summed E-state index contributed by atoms with van der Waals surface area (Å²) in [5.74, 6) is -0.143. The average molecular weight is 290 g/mol. The summed E-state index contributed by atoms with van der Waals surface area (Å²) in [6.07, 6.45) is 1.90. The van der Waals surface area contributed by atoms with Crippen molar-refractivity contribution in [2.75, 3.05) is 11.9 Å². The van der Waals surface area contributed by atoms with Gasteiger partial charge in [0.25, 0.3) is 0 Å². The van der Waals surface area contributed by atoms with E-state index in [1.165, 1.54) is 6.33 Å². The van der Waals surface area contributed by atoms with E-state index < -0.39 is 5.82 Å². The van der Waals surface area contributed by atoms with E-state index in [-0.39, 0.29) is 5.82 Å². The molecule has 0 radical (unpaired) electrons. The minimum Gasteiger partial charge on any atom is -0.389 e. The standard InChI is InChI=1S/C14H15FN4S/c1-3-11-12(15)14(18-8-17-11)19(2)10-6-4-9(5-7-10)13(16)20/h4-8H,3H2,1-2H3,(H2,16,20). The highest BCUT2D eigenvalue weighted by Gasteiger charge is 2.15. The molecule has 0 spiro atoms.